The summed E-state index contributed by atoms with van der Waals surface area (Å²) in [6.07, 6.45) is -2.10. The van der Waals surface area contributed by atoms with Crippen LogP contribution < -0.4 is 16.4 Å². The van der Waals surface area contributed by atoms with Crippen LogP contribution in [0.25, 0.3) is 5.53 Å². The Hall–Kier alpha value is -2.13. The van der Waals surface area contributed by atoms with Crippen LogP contribution in [0.2, 0.25) is 0 Å². The first-order valence-corrected chi connectivity index (χ1v) is 5.12. The third-order valence-corrected chi connectivity index (χ3v) is 2.63. The number of ether oxygens (including phenoxy) is 1. The minimum Gasteiger partial charge on any atom is -0.499 e. The topological polar surface area (TPSA) is 138 Å². The van der Waals surface area contributed by atoms with E-state index in [-0.39, 0.29) is 6.42 Å². The van der Waals surface area contributed by atoms with E-state index < -0.39 is 35.6 Å². The highest BCUT2D eigenvalue weighted by Gasteiger charge is 2.42. The summed E-state index contributed by atoms with van der Waals surface area (Å²) in [7, 11) is 0. The number of aromatic nitrogens is 2. The van der Waals surface area contributed by atoms with Crippen molar-refractivity contribution in [2.75, 3.05) is 0 Å². The van der Waals surface area contributed by atoms with Gasteiger partial charge in [0.1, 0.15) is 6.23 Å². The second-order valence-corrected chi connectivity index (χ2v) is 3.81. The lowest BCUT2D eigenvalue weighted by Crippen LogP contribution is -2.73. The molecule has 0 bridgehead atoms. The van der Waals surface area contributed by atoms with Gasteiger partial charge in [0.25, 0.3) is 5.56 Å². The zero-order valence-electron chi connectivity index (χ0n) is 9.07. The van der Waals surface area contributed by atoms with E-state index >= 15 is 0 Å². The van der Waals surface area contributed by atoms with Gasteiger partial charge < -0.3 is 15.4 Å². The molecule has 96 valence electrons. The predicted octanol–water partition coefficient (Wildman–Crippen LogP) is -3.19. The molecule has 3 atom stereocenters. The maximum absolute atomic E-state index is 11.5. The normalized spacial score (nSPS) is 27.1. The minimum atomic E-state index is -1.26. The summed E-state index contributed by atoms with van der Waals surface area (Å²) < 4.78 is 6.20. The molecule has 0 radical (unpaired) electrons. The Bertz CT molecular complexity index is 591. The van der Waals surface area contributed by atoms with Gasteiger partial charge in [-0.3, -0.25) is 19.5 Å². The molecule has 1 aromatic rings. The summed E-state index contributed by atoms with van der Waals surface area (Å²) in [5, 5.41) is 10.9. The average molecular weight is 254 g/mol. The minimum absolute atomic E-state index is 0.00988. The second-order valence-electron chi connectivity index (χ2n) is 3.81. The smallest absolute Gasteiger partial charge is 0.406 e. The van der Waals surface area contributed by atoms with Gasteiger partial charge in [0, 0.05) is 18.7 Å². The molecule has 1 aliphatic heterocycles. The number of nitrogens with one attached hydrogen (secondary N) is 2. The van der Waals surface area contributed by atoms with Crippen LogP contribution in [0.1, 0.15) is 12.6 Å². The number of rotatable bonds is 2. The van der Waals surface area contributed by atoms with Gasteiger partial charge >= 0.3 is 11.6 Å². The van der Waals surface area contributed by atoms with Crippen molar-refractivity contribution < 1.29 is 19.8 Å². The molecule has 1 fully saturated rings. The zero-order chi connectivity index (χ0) is 13.3. The Morgan fingerprint density at radius 3 is 2.94 bits per heavy atom. The standard InChI is InChI=1S/C9H10N4O5/c10-12-8(16)7-4(14)3-6(18-7)13-2-1-5(15)11-9(13)17/h1-2,4,6-7,12,14H,3H2,(H,11,15,17)/t4-,6+,7-/m0/s1. The van der Waals surface area contributed by atoms with Crippen molar-refractivity contribution in [3.8, 4) is 0 Å². The van der Waals surface area contributed by atoms with E-state index in [1.165, 1.54) is 11.3 Å². The zero-order valence-corrected chi connectivity index (χ0v) is 9.07. The number of hydrogen-bond acceptors (Lipinski definition) is 5. The van der Waals surface area contributed by atoms with Crippen molar-refractivity contribution in [3.63, 3.8) is 0 Å². The van der Waals surface area contributed by atoms with Gasteiger partial charge in [-0.2, -0.15) is 0 Å². The molecule has 3 N–H and O–H groups in total. The largest absolute Gasteiger partial charge is 0.499 e. The van der Waals surface area contributed by atoms with Crippen LogP contribution in [0.4, 0.5) is 0 Å². The van der Waals surface area contributed by atoms with Gasteiger partial charge in [-0.05, 0) is 0 Å². The highest BCUT2D eigenvalue weighted by atomic mass is 16.5. The molecule has 1 aromatic heterocycles. The summed E-state index contributed by atoms with van der Waals surface area (Å²) >= 11 is 0. The molecule has 1 aliphatic rings. The molecule has 9 heteroatoms. The van der Waals surface area contributed by atoms with Crippen molar-refractivity contribution in [1.82, 2.24) is 9.55 Å². The van der Waals surface area contributed by atoms with Crippen LogP contribution in [0.15, 0.2) is 21.9 Å². The number of nitrogens with zero attached hydrogens (tertiary/aromatic N) is 2. The van der Waals surface area contributed by atoms with Gasteiger partial charge in [0.2, 0.25) is 6.10 Å². The lowest BCUT2D eigenvalue weighted by atomic mass is 10.2. The number of amides is 1. The Morgan fingerprint density at radius 1 is 1.61 bits per heavy atom. The fourth-order valence-electron chi connectivity index (χ4n) is 1.78. The van der Waals surface area contributed by atoms with E-state index in [1.807, 2.05) is 4.98 Å². The number of carbonyl (C=O) groups excluding carboxylic acids is 1. The average Bonchev–Trinajstić information content (AvgIpc) is 2.70. The summed E-state index contributed by atoms with van der Waals surface area (Å²) in [5.74, 6) is -0.900. The lowest BCUT2D eigenvalue weighted by Gasteiger charge is -2.12. The maximum atomic E-state index is 11.5. The van der Waals surface area contributed by atoms with Crippen molar-refractivity contribution >= 4 is 5.91 Å². The summed E-state index contributed by atoms with van der Waals surface area (Å²) in [6.45, 7) is 0. The van der Waals surface area contributed by atoms with E-state index in [4.69, 9.17) is 10.3 Å². The number of aliphatic hydroxyl groups excluding tert-OH is 1. The lowest BCUT2D eigenvalue weighted by molar-refractivity contribution is -0.407. The van der Waals surface area contributed by atoms with Gasteiger partial charge in [-0.25, -0.2) is 9.59 Å². The number of carbonyl (C=O) groups is 1. The van der Waals surface area contributed by atoms with E-state index in [0.717, 1.165) is 10.6 Å². The second kappa shape index (κ2) is 4.63. The first-order valence-electron chi connectivity index (χ1n) is 5.12. The van der Waals surface area contributed by atoms with Crippen LogP contribution in [-0.2, 0) is 9.53 Å². The van der Waals surface area contributed by atoms with Crippen LogP contribution in [0.3, 0.4) is 0 Å². The maximum Gasteiger partial charge on any atom is 0.406 e. The molecule has 2 rings (SSSR count). The highest BCUT2D eigenvalue weighted by Crippen LogP contribution is 2.26. The van der Waals surface area contributed by atoms with Gasteiger partial charge in [-0.1, -0.05) is 0 Å². The van der Waals surface area contributed by atoms with Crippen LogP contribution in [0.5, 0.6) is 0 Å². The molecule has 0 spiro atoms. The van der Waals surface area contributed by atoms with Gasteiger partial charge in [0.05, 0.1) is 6.10 Å². The Balaban J connectivity index is 2.27. The molecule has 0 unspecified atom stereocenters. The highest BCUT2D eigenvalue weighted by molar-refractivity contribution is 5.71. The Kier molecular flexibility index (Phi) is 3.17. The molecule has 2 heterocycles. The van der Waals surface area contributed by atoms with Crippen LogP contribution in [0, 0.1) is 0 Å². The fourth-order valence-corrected chi connectivity index (χ4v) is 1.78. The number of H-pyrrole nitrogens is 1. The van der Waals surface area contributed by atoms with Crippen LogP contribution in [-0.4, -0.2) is 32.8 Å². The summed E-state index contributed by atoms with van der Waals surface area (Å²) in [5.41, 5.74) is 7.19. The van der Waals surface area contributed by atoms with E-state index in [9.17, 15) is 19.5 Å². The SMILES string of the molecule is [N-]=[NH+]C(=O)[C@H]1O[C@@H](n2ccc(=O)[nH]c2=O)C[C@@H]1O. The first kappa shape index (κ1) is 12.3. The quantitative estimate of drug-likeness (QED) is 0.477. The van der Waals surface area contributed by atoms with Crippen molar-refractivity contribution in [2.45, 2.75) is 24.9 Å². The molecule has 1 amide bonds. The first-order chi connectivity index (χ1) is 8.52. The van der Waals surface area contributed by atoms with Gasteiger partial charge in [-0.15, -0.1) is 0 Å². The van der Waals surface area contributed by atoms with E-state index in [0.29, 0.717) is 0 Å². The van der Waals surface area contributed by atoms with Gasteiger partial charge in [0.15, 0.2) is 0 Å². The van der Waals surface area contributed by atoms with Crippen LogP contribution >= 0.6 is 0 Å². The Labute approximate surface area is 99.5 Å². The molecule has 0 aliphatic carbocycles. The van der Waals surface area contributed by atoms with Crippen molar-refractivity contribution in [3.05, 3.63) is 38.6 Å². The fraction of sp³-hybridized carbons (Fsp3) is 0.444. The molecule has 9 nitrogen and oxygen atoms in total. The molecule has 18 heavy (non-hydrogen) atoms. The number of aliphatic hydroxyl groups is 1. The van der Waals surface area contributed by atoms with E-state index in [1.54, 1.807) is 0 Å². The Morgan fingerprint density at radius 2 is 2.33 bits per heavy atom. The summed E-state index contributed by atoms with van der Waals surface area (Å²) in [6, 6.07) is 1.12. The third kappa shape index (κ3) is 2.13. The monoisotopic (exact) mass is 254 g/mol. The molecule has 0 saturated carbocycles. The van der Waals surface area contributed by atoms with E-state index in [2.05, 4.69) is 0 Å². The molecular weight excluding hydrogens is 244 g/mol. The predicted molar refractivity (Wildman–Crippen MR) is 55.2 cm³/mol. The summed E-state index contributed by atoms with van der Waals surface area (Å²) in [4.78, 5) is 35.5. The molecule has 1 saturated heterocycles. The number of aromatic amines is 1. The van der Waals surface area contributed by atoms with Crippen molar-refractivity contribution in [2.24, 2.45) is 0 Å². The molecular formula is C9H10N4O5. The third-order valence-electron chi connectivity index (χ3n) is 2.63. The molecule has 0 aromatic carbocycles. The van der Waals surface area contributed by atoms with Crippen molar-refractivity contribution in [1.29, 1.82) is 0 Å². The number of hydrogen-bond donors (Lipinski definition) is 3.